The zero-order valence-corrected chi connectivity index (χ0v) is 6.78. The summed E-state index contributed by atoms with van der Waals surface area (Å²) in [6.07, 6.45) is 0. The zero-order valence-electron chi connectivity index (χ0n) is 6.03. The molecule has 0 spiro atoms. The fourth-order valence-corrected chi connectivity index (χ4v) is 1.47. The average molecular weight is 186 g/mol. The third-order valence-corrected chi connectivity index (χ3v) is 2.28. The molecule has 0 aliphatic carbocycles. The van der Waals surface area contributed by atoms with Crippen molar-refractivity contribution in [3.63, 3.8) is 0 Å². The summed E-state index contributed by atoms with van der Waals surface area (Å²) >= 11 is 5.64. The molecule has 0 fully saturated rings. The Balaban J connectivity index is 2.68. The van der Waals surface area contributed by atoms with Gasteiger partial charge in [0.05, 0.1) is 5.02 Å². The van der Waals surface area contributed by atoms with Crippen LogP contribution >= 0.6 is 11.6 Å². The van der Waals surface area contributed by atoms with Gasteiger partial charge in [-0.1, -0.05) is 11.6 Å². The Morgan fingerprint density at radius 3 is 3.00 bits per heavy atom. The van der Waals surface area contributed by atoms with Crippen molar-refractivity contribution in [1.29, 1.82) is 0 Å². The zero-order chi connectivity index (χ0) is 8.72. The Labute approximate surface area is 73.3 Å². The molecule has 0 atom stereocenters. The second-order valence-electron chi connectivity index (χ2n) is 2.57. The molecule has 1 aliphatic heterocycles. The first-order valence-corrected chi connectivity index (χ1v) is 3.83. The van der Waals surface area contributed by atoms with Crippen LogP contribution in [-0.4, -0.2) is 5.91 Å². The quantitative estimate of drug-likeness (QED) is 0.655. The van der Waals surface area contributed by atoms with Gasteiger partial charge in [0.15, 0.2) is 0 Å². The van der Waals surface area contributed by atoms with E-state index in [0.717, 1.165) is 0 Å². The minimum atomic E-state index is -0.480. The molecule has 2 nitrogen and oxygen atoms in total. The number of fused-ring (bicyclic) bond motifs is 1. The van der Waals surface area contributed by atoms with Crippen molar-refractivity contribution < 1.29 is 9.18 Å². The third kappa shape index (κ3) is 0.898. The van der Waals surface area contributed by atoms with E-state index in [1.807, 2.05) is 0 Å². The number of carbonyl (C=O) groups is 1. The van der Waals surface area contributed by atoms with Crippen LogP contribution in [0.4, 0.5) is 4.39 Å². The average Bonchev–Trinajstić information content (AvgIpc) is 2.41. The molecule has 0 bridgehead atoms. The minimum Gasteiger partial charge on any atom is -0.348 e. The van der Waals surface area contributed by atoms with E-state index in [9.17, 15) is 9.18 Å². The number of hydrogen-bond donors (Lipinski definition) is 1. The highest BCUT2D eigenvalue weighted by Gasteiger charge is 2.22. The number of hydrogen-bond acceptors (Lipinski definition) is 1. The van der Waals surface area contributed by atoms with E-state index in [1.54, 1.807) is 0 Å². The molecular weight excluding hydrogens is 181 g/mol. The van der Waals surface area contributed by atoms with Crippen molar-refractivity contribution in [2.45, 2.75) is 6.54 Å². The van der Waals surface area contributed by atoms with E-state index in [-0.39, 0.29) is 10.9 Å². The maximum Gasteiger partial charge on any atom is 0.251 e. The van der Waals surface area contributed by atoms with Crippen LogP contribution in [0.15, 0.2) is 12.1 Å². The molecule has 1 aromatic carbocycles. The summed E-state index contributed by atoms with van der Waals surface area (Å²) in [6.45, 7) is 0.324. The van der Waals surface area contributed by atoms with Gasteiger partial charge in [-0.2, -0.15) is 0 Å². The lowest BCUT2D eigenvalue weighted by Gasteiger charge is -1.98. The Morgan fingerprint density at radius 1 is 1.50 bits per heavy atom. The minimum absolute atomic E-state index is 0.0471. The molecule has 0 radical (unpaired) electrons. The summed E-state index contributed by atoms with van der Waals surface area (Å²) in [5.41, 5.74) is 1.03. The molecule has 1 N–H and O–H groups in total. The Morgan fingerprint density at radius 2 is 2.25 bits per heavy atom. The van der Waals surface area contributed by atoms with E-state index >= 15 is 0 Å². The van der Waals surface area contributed by atoms with Crippen molar-refractivity contribution in [2.24, 2.45) is 0 Å². The monoisotopic (exact) mass is 185 g/mol. The highest BCUT2D eigenvalue weighted by molar-refractivity contribution is 6.32. The predicted octanol–water partition coefficient (Wildman–Crippen LogP) is 1.72. The van der Waals surface area contributed by atoms with Gasteiger partial charge >= 0.3 is 0 Å². The van der Waals surface area contributed by atoms with Gasteiger partial charge in [-0.3, -0.25) is 4.79 Å². The van der Waals surface area contributed by atoms with Gasteiger partial charge < -0.3 is 5.32 Å². The summed E-state index contributed by atoms with van der Waals surface area (Å²) in [5.74, 6) is -0.668. The lowest BCUT2D eigenvalue weighted by molar-refractivity contribution is 0.0966. The number of rotatable bonds is 0. The number of carbonyl (C=O) groups excluding carboxylic acids is 1. The predicted molar refractivity (Wildman–Crippen MR) is 42.6 cm³/mol. The van der Waals surface area contributed by atoms with E-state index in [2.05, 4.69) is 5.32 Å². The SMILES string of the molecule is O=C1NCc2c1ccc(F)c2Cl. The van der Waals surface area contributed by atoms with Crippen LogP contribution in [0.3, 0.4) is 0 Å². The third-order valence-electron chi connectivity index (χ3n) is 1.87. The van der Waals surface area contributed by atoms with Crippen LogP contribution in [0.1, 0.15) is 15.9 Å². The van der Waals surface area contributed by atoms with Gasteiger partial charge in [0.2, 0.25) is 0 Å². The molecular formula is C8H5ClFNO. The van der Waals surface area contributed by atoms with Gasteiger partial charge in [0.25, 0.3) is 5.91 Å². The fraction of sp³-hybridized carbons (Fsp3) is 0.125. The topological polar surface area (TPSA) is 29.1 Å². The van der Waals surface area contributed by atoms with Gasteiger partial charge in [-0.15, -0.1) is 0 Å². The van der Waals surface area contributed by atoms with Crippen LogP contribution in [0.2, 0.25) is 5.02 Å². The van der Waals surface area contributed by atoms with Crippen molar-refractivity contribution >= 4 is 17.5 Å². The summed E-state index contributed by atoms with van der Waals surface area (Å²) in [4.78, 5) is 11.0. The number of amides is 1. The Bertz CT molecular complexity index is 364. The van der Waals surface area contributed by atoms with Crippen LogP contribution in [0.5, 0.6) is 0 Å². The fourth-order valence-electron chi connectivity index (χ4n) is 1.24. The summed E-state index contributed by atoms with van der Waals surface area (Å²) in [7, 11) is 0. The molecule has 0 aromatic heterocycles. The standard InChI is InChI=1S/C8H5ClFNO/c9-7-5-3-11-8(12)4(5)1-2-6(7)10/h1-2H,3H2,(H,11,12). The molecule has 1 aromatic rings. The van der Waals surface area contributed by atoms with Gasteiger partial charge in [-0.05, 0) is 12.1 Å². The van der Waals surface area contributed by atoms with Gasteiger partial charge in [-0.25, -0.2) is 4.39 Å². The molecule has 4 heteroatoms. The van der Waals surface area contributed by atoms with Gasteiger partial charge in [0.1, 0.15) is 5.82 Å². The van der Waals surface area contributed by atoms with Crippen molar-refractivity contribution in [3.05, 3.63) is 34.1 Å². The Kier molecular flexibility index (Phi) is 1.54. The molecule has 0 saturated heterocycles. The second kappa shape index (κ2) is 2.45. The smallest absolute Gasteiger partial charge is 0.251 e. The number of nitrogens with one attached hydrogen (secondary N) is 1. The highest BCUT2D eigenvalue weighted by atomic mass is 35.5. The van der Waals surface area contributed by atoms with E-state index < -0.39 is 5.82 Å². The van der Waals surface area contributed by atoms with E-state index in [4.69, 9.17) is 11.6 Å². The summed E-state index contributed by atoms with van der Waals surface area (Å²) in [5, 5.41) is 2.61. The number of benzene rings is 1. The molecule has 0 saturated carbocycles. The second-order valence-corrected chi connectivity index (χ2v) is 2.95. The van der Waals surface area contributed by atoms with E-state index in [0.29, 0.717) is 17.7 Å². The maximum absolute atomic E-state index is 12.8. The summed E-state index contributed by atoms with van der Waals surface area (Å²) < 4.78 is 12.8. The number of halogens is 2. The van der Waals surface area contributed by atoms with Crippen molar-refractivity contribution in [1.82, 2.24) is 5.32 Å². The van der Waals surface area contributed by atoms with Crippen molar-refractivity contribution in [3.8, 4) is 0 Å². The normalized spacial score (nSPS) is 14.3. The molecule has 62 valence electrons. The molecule has 1 heterocycles. The first kappa shape index (κ1) is 7.55. The first-order chi connectivity index (χ1) is 5.70. The lowest BCUT2D eigenvalue weighted by atomic mass is 10.1. The Hall–Kier alpha value is -1.09. The van der Waals surface area contributed by atoms with Crippen LogP contribution < -0.4 is 5.32 Å². The largest absolute Gasteiger partial charge is 0.348 e. The van der Waals surface area contributed by atoms with Crippen LogP contribution in [-0.2, 0) is 6.54 Å². The molecule has 1 aliphatic rings. The van der Waals surface area contributed by atoms with Crippen molar-refractivity contribution in [2.75, 3.05) is 0 Å². The summed E-state index contributed by atoms with van der Waals surface area (Å²) in [6, 6.07) is 2.64. The molecule has 12 heavy (non-hydrogen) atoms. The highest BCUT2D eigenvalue weighted by Crippen LogP contribution is 2.26. The van der Waals surface area contributed by atoms with Crippen LogP contribution in [0, 0.1) is 5.82 Å². The van der Waals surface area contributed by atoms with Crippen LogP contribution in [0.25, 0.3) is 0 Å². The first-order valence-electron chi connectivity index (χ1n) is 3.45. The molecule has 1 amide bonds. The lowest BCUT2D eigenvalue weighted by Crippen LogP contribution is -2.12. The molecule has 0 unspecified atom stereocenters. The maximum atomic E-state index is 12.8. The molecule has 2 rings (SSSR count). The van der Waals surface area contributed by atoms with E-state index in [1.165, 1.54) is 12.1 Å². The van der Waals surface area contributed by atoms with Gasteiger partial charge in [0, 0.05) is 17.7 Å².